The summed E-state index contributed by atoms with van der Waals surface area (Å²) in [6.45, 7) is 1.93. The highest BCUT2D eigenvalue weighted by molar-refractivity contribution is 5.96. The molecule has 122 valence electrons. The van der Waals surface area contributed by atoms with Crippen LogP contribution in [-0.4, -0.2) is 19.5 Å². The summed E-state index contributed by atoms with van der Waals surface area (Å²) in [5, 5.41) is 2.11. The first kappa shape index (κ1) is 13.9. The number of nitrogens with zero attached hydrogens (tertiary/aromatic N) is 1. The normalized spacial score (nSPS) is 11.6. The quantitative estimate of drug-likeness (QED) is 0.448. The Hall–Kier alpha value is -3.47. The summed E-state index contributed by atoms with van der Waals surface area (Å²) in [5.74, 6) is 0. The first-order valence-electron chi connectivity index (χ1n) is 8.18. The van der Waals surface area contributed by atoms with E-state index in [9.17, 15) is 4.79 Å². The molecule has 0 aliphatic rings. The minimum Gasteiger partial charge on any atom is -0.360 e. The summed E-state index contributed by atoms with van der Waals surface area (Å²) < 4.78 is 1.75. The van der Waals surface area contributed by atoms with Crippen molar-refractivity contribution < 1.29 is 0 Å². The molecule has 0 unspecified atom stereocenters. The van der Waals surface area contributed by atoms with Crippen LogP contribution < -0.4 is 5.69 Å². The molecular weight excluding hydrogens is 312 g/mol. The summed E-state index contributed by atoms with van der Waals surface area (Å²) in [7, 11) is 0. The maximum Gasteiger partial charge on any atom is 0.330 e. The van der Waals surface area contributed by atoms with Gasteiger partial charge in [-0.1, -0.05) is 36.4 Å². The first-order valence-corrected chi connectivity index (χ1v) is 8.18. The van der Waals surface area contributed by atoms with Crippen molar-refractivity contribution in [2.45, 2.75) is 6.92 Å². The highest BCUT2D eigenvalue weighted by Gasteiger charge is 2.19. The number of H-pyrrole nitrogens is 3. The summed E-state index contributed by atoms with van der Waals surface area (Å²) in [6, 6.07) is 16.1. The van der Waals surface area contributed by atoms with Crippen LogP contribution in [0.5, 0.6) is 0 Å². The van der Waals surface area contributed by atoms with Gasteiger partial charge < -0.3 is 15.0 Å². The van der Waals surface area contributed by atoms with Crippen LogP contribution in [0.4, 0.5) is 0 Å². The van der Waals surface area contributed by atoms with Crippen LogP contribution in [0.2, 0.25) is 0 Å². The predicted octanol–water partition coefficient (Wildman–Crippen LogP) is 4.10. The molecule has 3 aromatic heterocycles. The lowest BCUT2D eigenvalue weighted by Crippen LogP contribution is -2.15. The van der Waals surface area contributed by atoms with Crippen molar-refractivity contribution in [3.05, 3.63) is 77.1 Å². The predicted molar refractivity (Wildman–Crippen MR) is 100 cm³/mol. The van der Waals surface area contributed by atoms with Gasteiger partial charge in [0.25, 0.3) is 0 Å². The van der Waals surface area contributed by atoms with Crippen molar-refractivity contribution in [1.82, 2.24) is 19.5 Å². The van der Waals surface area contributed by atoms with Crippen LogP contribution in [0.15, 0.2) is 65.7 Å². The lowest BCUT2D eigenvalue weighted by molar-refractivity contribution is 1.00. The van der Waals surface area contributed by atoms with Gasteiger partial charge in [0.05, 0.1) is 11.4 Å². The molecule has 0 saturated carbocycles. The van der Waals surface area contributed by atoms with Crippen LogP contribution >= 0.6 is 0 Å². The second-order valence-corrected chi connectivity index (χ2v) is 6.21. The number of aromatic amines is 3. The third-order valence-corrected chi connectivity index (χ3v) is 4.73. The third-order valence-electron chi connectivity index (χ3n) is 4.73. The lowest BCUT2D eigenvalue weighted by atomic mass is 10.1. The molecular formula is C20H16N4O. The Bertz CT molecular complexity index is 1280. The molecule has 0 saturated heterocycles. The molecule has 0 aliphatic heterocycles. The van der Waals surface area contributed by atoms with Crippen LogP contribution in [0, 0.1) is 6.92 Å². The molecule has 5 rings (SSSR count). The zero-order valence-electron chi connectivity index (χ0n) is 13.6. The van der Waals surface area contributed by atoms with Crippen LogP contribution in [0.3, 0.4) is 0 Å². The highest BCUT2D eigenvalue weighted by Crippen LogP contribution is 2.32. The first-order chi connectivity index (χ1) is 12.2. The van der Waals surface area contributed by atoms with E-state index in [4.69, 9.17) is 0 Å². The third kappa shape index (κ3) is 1.92. The fourth-order valence-corrected chi connectivity index (χ4v) is 3.61. The van der Waals surface area contributed by atoms with Gasteiger partial charge in [-0.05, 0) is 19.1 Å². The van der Waals surface area contributed by atoms with Gasteiger partial charge in [0, 0.05) is 45.5 Å². The van der Waals surface area contributed by atoms with Gasteiger partial charge in [-0.2, -0.15) is 0 Å². The van der Waals surface area contributed by atoms with E-state index in [0.29, 0.717) is 0 Å². The number of para-hydroxylation sites is 2. The van der Waals surface area contributed by atoms with Gasteiger partial charge in [0.2, 0.25) is 0 Å². The average molecular weight is 328 g/mol. The molecule has 25 heavy (non-hydrogen) atoms. The fourth-order valence-electron chi connectivity index (χ4n) is 3.61. The molecule has 3 N–H and O–H groups in total. The van der Waals surface area contributed by atoms with Gasteiger partial charge in [-0.25, -0.2) is 4.79 Å². The Morgan fingerprint density at radius 3 is 2.28 bits per heavy atom. The smallest absolute Gasteiger partial charge is 0.330 e. The monoisotopic (exact) mass is 328 g/mol. The molecule has 0 aliphatic carbocycles. The number of fused-ring (bicyclic) bond motifs is 2. The number of imidazole rings is 1. The van der Waals surface area contributed by atoms with E-state index in [2.05, 4.69) is 21.0 Å². The Morgan fingerprint density at radius 1 is 0.840 bits per heavy atom. The number of hydrogen-bond acceptors (Lipinski definition) is 1. The van der Waals surface area contributed by atoms with E-state index in [1.54, 1.807) is 4.57 Å². The average Bonchev–Trinajstić information content (AvgIpc) is 3.30. The number of aromatic nitrogens is 4. The van der Waals surface area contributed by atoms with E-state index in [-0.39, 0.29) is 5.69 Å². The Morgan fingerprint density at radius 2 is 1.48 bits per heavy atom. The van der Waals surface area contributed by atoms with Crippen molar-refractivity contribution in [3.8, 4) is 16.9 Å². The molecule has 0 bridgehead atoms. The van der Waals surface area contributed by atoms with E-state index in [0.717, 1.165) is 44.4 Å². The number of aryl methyl sites for hydroxylation is 1. The largest absolute Gasteiger partial charge is 0.360 e. The van der Waals surface area contributed by atoms with Crippen molar-refractivity contribution in [2.24, 2.45) is 0 Å². The summed E-state index contributed by atoms with van der Waals surface area (Å²) in [4.78, 5) is 22.2. The molecule has 2 aromatic carbocycles. The number of hydrogen-bond donors (Lipinski definition) is 3. The number of benzene rings is 2. The molecule has 5 nitrogen and oxygen atoms in total. The van der Waals surface area contributed by atoms with E-state index >= 15 is 0 Å². The zero-order valence-corrected chi connectivity index (χ0v) is 13.6. The minimum absolute atomic E-state index is 0.137. The second-order valence-electron chi connectivity index (χ2n) is 6.21. The summed E-state index contributed by atoms with van der Waals surface area (Å²) in [5.41, 5.74) is 5.51. The maximum atomic E-state index is 12.7. The highest BCUT2D eigenvalue weighted by atomic mass is 16.1. The Balaban J connectivity index is 1.87. The summed E-state index contributed by atoms with van der Waals surface area (Å²) in [6.07, 6.45) is 3.85. The van der Waals surface area contributed by atoms with E-state index < -0.39 is 0 Å². The fraction of sp³-hybridized carbons (Fsp3) is 0.0500. The molecule has 0 spiro atoms. The topological polar surface area (TPSA) is 69.4 Å². The lowest BCUT2D eigenvalue weighted by Gasteiger charge is -2.07. The molecule has 5 heteroatoms. The van der Waals surface area contributed by atoms with Gasteiger partial charge >= 0.3 is 5.69 Å². The molecule has 0 atom stereocenters. The van der Waals surface area contributed by atoms with Crippen LogP contribution in [-0.2, 0) is 0 Å². The van der Waals surface area contributed by atoms with Crippen molar-refractivity contribution in [2.75, 3.05) is 0 Å². The van der Waals surface area contributed by atoms with Crippen molar-refractivity contribution in [3.63, 3.8) is 0 Å². The standard InChI is InChI=1S/C20H16N4O/c1-12-19(15-10-21-16-8-4-2-6-13(15)16)24(20(25)23-12)18-11-22-17-9-5-3-7-14(17)18/h2-11,21-22H,1H3,(H,23,25). The van der Waals surface area contributed by atoms with Gasteiger partial charge in [-0.15, -0.1) is 0 Å². The van der Waals surface area contributed by atoms with Crippen LogP contribution in [0.25, 0.3) is 38.8 Å². The van der Waals surface area contributed by atoms with E-state index in [1.165, 1.54) is 0 Å². The molecule has 0 amide bonds. The summed E-state index contributed by atoms with van der Waals surface area (Å²) >= 11 is 0. The SMILES string of the molecule is Cc1[nH]c(=O)n(-c2c[nH]c3ccccc23)c1-c1c[nH]c2ccccc12. The minimum atomic E-state index is -0.137. The van der Waals surface area contributed by atoms with Gasteiger partial charge in [0.1, 0.15) is 0 Å². The molecule has 0 radical (unpaired) electrons. The zero-order chi connectivity index (χ0) is 17.0. The van der Waals surface area contributed by atoms with Gasteiger partial charge in [-0.3, -0.25) is 4.57 Å². The maximum absolute atomic E-state index is 12.7. The Labute approximate surface area is 142 Å². The van der Waals surface area contributed by atoms with Crippen molar-refractivity contribution >= 4 is 21.8 Å². The Kier molecular flexibility index (Phi) is 2.79. The second kappa shape index (κ2) is 5.01. The van der Waals surface area contributed by atoms with Crippen LogP contribution in [0.1, 0.15) is 5.69 Å². The molecule has 5 aromatic rings. The van der Waals surface area contributed by atoms with Gasteiger partial charge in [0.15, 0.2) is 0 Å². The number of nitrogens with one attached hydrogen (secondary N) is 3. The molecule has 0 fully saturated rings. The molecule has 3 heterocycles. The van der Waals surface area contributed by atoms with E-state index in [1.807, 2.05) is 61.8 Å². The van der Waals surface area contributed by atoms with Crippen molar-refractivity contribution in [1.29, 1.82) is 0 Å². The number of rotatable bonds is 2.